The van der Waals surface area contributed by atoms with Crippen molar-refractivity contribution in [1.82, 2.24) is 4.90 Å². The van der Waals surface area contributed by atoms with Gasteiger partial charge in [-0.25, -0.2) is 0 Å². The number of amides is 1. The lowest BCUT2D eigenvalue weighted by atomic mass is 10.2. The largest absolute Gasteiger partial charge is 0.493 e. The first-order valence-electron chi connectivity index (χ1n) is 11.3. The van der Waals surface area contributed by atoms with Crippen LogP contribution in [0.2, 0.25) is 0 Å². The van der Waals surface area contributed by atoms with E-state index in [0.29, 0.717) is 17.4 Å². The molecule has 0 fully saturated rings. The summed E-state index contributed by atoms with van der Waals surface area (Å²) in [5.41, 5.74) is -0.655. The van der Waals surface area contributed by atoms with Crippen molar-refractivity contribution in [2.45, 2.75) is 17.6 Å². The van der Waals surface area contributed by atoms with Crippen LogP contribution in [0.4, 0.5) is 13.2 Å². The summed E-state index contributed by atoms with van der Waals surface area (Å²) in [4.78, 5) is 13.6. The molecule has 0 aromatic heterocycles. The molecular formula is C26H26F3NO7S. The maximum absolute atomic E-state index is 13.1. The average Bonchev–Trinajstić information content (AvgIpc) is 2.90. The van der Waals surface area contributed by atoms with E-state index in [1.54, 1.807) is 30.3 Å². The molecule has 0 saturated heterocycles. The first kappa shape index (κ1) is 28.8. The number of nitrogens with zero attached hydrogens (tertiary/aromatic N) is 1. The maximum Gasteiger partial charge on any atom is 0.416 e. The van der Waals surface area contributed by atoms with Crippen molar-refractivity contribution in [2.75, 3.05) is 34.0 Å². The standard InChI is InChI=1S/C26H26F3NO7S/c1-34-14-13-30(25(31)18-36-21-8-4-3-5-9-21)17-19-11-12-23(35-2)24(15-19)37-38(32,33)22-10-6-7-20(16-22)26(27,28)29/h3-12,15-16H,13-14,17-18H2,1-2H3. The maximum atomic E-state index is 13.1. The van der Waals surface area contributed by atoms with Gasteiger partial charge in [0.2, 0.25) is 0 Å². The van der Waals surface area contributed by atoms with Crippen LogP contribution in [0.15, 0.2) is 77.7 Å². The van der Waals surface area contributed by atoms with Crippen LogP contribution in [0.3, 0.4) is 0 Å². The summed E-state index contributed by atoms with van der Waals surface area (Å²) in [5, 5.41) is 0. The molecule has 0 radical (unpaired) electrons. The van der Waals surface area contributed by atoms with Crippen molar-refractivity contribution in [3.63, 3.8) is 0 Å². The molecule has 3 aromatic rings. The Morgan fingerprint density at radius 3 is 2.32 bits per heavy atom. The van der Waals surface area contributed by atoms with Crippen molar-refractivity contribution in [1.29, 1.82) is 0 Å². The third-order valence-corrected chi connectivity index (χ3v) is 6.50. The van der Waals surface area contributed by atoms with Crippen molar-refractivity contribution < 1.29 is 44.8 Å². The number of alkyl halides is 3. The number of halogens is 3. The van der Waals surface area contributed by atoms with Crippen LogP contribution in [0.1, 0.15) is 11.1 Å². The summed E-state index contributed by atoms with van der Waals surface area (Å²) >= 11 is 0. The predicted octanol–water partition coefficient (Wildman–Crippen LogP) is 4.54. The second-order valence-electron chi connectivity index (χ2n) is 7.96. The number of rotatable bonds is 12. The van der Waals surface area contributed by atoms with Crippen molar-refractivity contribution in [3.8, 4) is 17.2 Å². The average molecular weight is 554 g/mol. The molecule has 0 N–H and O–H groups in total. The van der Waals surface area contributed by atoms with Crippen LogP contribution in [-0.2, 0) is 32.4 Å². The predicted molar refractivity (Wildman–Crippen MR) is 131 cm³/mol. The van der Waals surface area contributed by atoms with Gasteiger partial charge in [0.25, 0.3) is 5.91 Å². The molecule has 3 aromatic carbocycles. The van der Waals surface area contributed by atoms with E-state index in [1.165, 1.54) is 31.3 Å². The first-order valence-corrected chi connectivity index (χ1v) is 12.7. The fraction of sp³-hybridized carbons (Fsp3) is 0.269. The molecule has 0 spiro atoms. The Hall–Kier alpha value is -3.77. The molecule has 0 aliphatic heterocycles. The fourth-order valence-corrected chi connectivity index (χ4v) is 4.33. The Morgan fingerprint density at radius 1 is 0.921 bits per heavy atom. The van der Waals surface area contributed by atoms with Crippen molar-refractivity contribution in [2.24, 2.45) is 0 Å². The smallest absolute Gasteiger partial charge is 0.416 e. The van der Waals surface area contributed by atoms with E-state index < -0.39 is 26.8 Å². The molecule has 0 unspecified atom stereocenters. The van der Waals surface area contributed by atoms with Gasteiger partial charge in [0.1, 0.15) is 10.6 Å². The number of hydrogen-bond acceptors (Lipinski definition) is 7. The van der Waals surface area contributed by atoms with Crippen molar-refractivity contribution >= 4 is 16.0 Å². The number of carbonyl (C=O) groups excluding carboxylic acids is 1. The Kier molecular flexibility index (Phi) is 9.59. The minimum absolute atomic E-state index is 0.0338. The van der Waals surface area contributed by atoms with E-state index in [2.05, 4.69) is 0 Å². The summed E-state index contributed by atoms with van der Waals surface area (Å²) in [6.45, 7) is 0.264. The lowest BCUT2D eigenvalue weighted by Gasteiger charge is -2.23. The van der Waals surface area contributed by atoms with Gasteiger partial charge in [-0.15, -0.1) is 0 Å². The van der Waals surface area contributed by atoms with E-state index in [-0.39, 0.29) is 43.7 Å². The van der Waals surface area contributed by atoms with E-state index in [4.69, 9.17) is 18.4 Å². The van der Waals surface area contributed by atoms with Crippen LogP contribution in [0.5, 0.6) is 17.2 Å². The van der Waals surface area contributed by atoms with Gasteiger partial charge < -0.3 is 23.3 Å². The van der Waals surface area contributed by atoms with Crippen LogP contribution < -0.4 is 13.7 Å². The Labute approximate surface area is 218 Å². The Bertz CT molecular complexity index is 1330. The highest BCUT2D eigenvalue weighted by Crippen LogP contribution is 2.34. The normalized spacial score (nSPS) is 11.6. The van der Waals surface area contributed by atoms with Crippen LogP contribution in [0, 0.1) is 0 Å². The number of hydrogen-bond donors (Lipinski definition) is 0. The van der Waals surface area contributed by atoms with E-state index in [0.717, 1.165) is 18.2 Å². The molecule has 38 heavy (non-hydrogen) atoms. The molecule has 8 nitrogen and oxygen atoms in total. The molecule has 0 saturated carbocycles. The van der Waals surface area contributed by atoms with Gasteiger partial charge >= 0.3 is 16.3 Å². The SMILES string of the molecule is COCCN(Cc1ccc(OC)c(OS(=O)(=O)c2cccc(C(F)(F)F)c2)c1)C(=O)COc1ccccc1. The molecule has 0 aliphatic rings. The number of methoxy groups -OCH3 is 2. The number of carbonyl (C=O) groups is 1. The van der Waals surface area contributed by atoms with E-state index in [9.17, 15) is 26.4 Å². The monoisotopic (exact) mass is 553 g/mol. The second kappa shape index (κ2) is 12.7. The molecule has 204 valence electrons. The first-order chi connectivity index (χ1) is 18.0. The van der Waals surface area contributed by atoms with E-state index >= 15 is 0 Å². The quantitative estimate of drug-likeness (QED) is 0.304. The van der Waals surface area contributed by atoms with Gasteiger partial charge in [0, 0.05) is 20.2 Å². The highest BCUT2D eigenvalue weighted by molar-refractivity contribution is 7.87. The number of ether oxygens (including phenoxy) is 3. The Balaban J connectivity index is 1.82. The molecule has 0 aliphatic carbocycles. The molecule has 0 bridgehead atoms. The molecular weight excluding hydrogens is 527 g/mol. The summed E-state index contributed by atoms with van der Waals surface area (Å²) in [7, 11) is -1.87. The third kappa shape index (κ3) is 7.86. The Morgan fingerprint density at radius 2 is 1.66 bits per heavy atom. The zero-order valence-electron chi connectivity index (χ0n) is 20.6. The lowest BCUT2D eigenvalue weighted by Crippen LogP contribution is -2.36. The summed E-state index contributed by atoms with van der Waals surface area (Å²) in [6, 6.07) is 16.4. The van der Waals surface area contributed by atoms with E-state index in [1.807, 2.05) is 6.07 Å². The van der Waals surface area contributed by atoms with Crippen LogP contribution in [-0.4, -0.2) is 53.2 Å². The zero-order chi connectivity index (χ0) is 27.8. The number of para-hydroxylation sites is 1. The van der Waals surface area contributed by atoms with Crippen LogP contribution in [0.25, 0.3) is 0 Å². The highest BCUT2D eigenvalue weighted by atomic mass is 32.2. The summed E-state index contributed by atoms with van der Waals surface area (Å²) in [6.07, 6.45) is -4.73. The minimum Gasteiger partial charge on any atom is -0.493 e. The zero-order valence-corrected chi connectivity index (χ0v) is 21.4. The van der Waals surface area contributed by atoms with Gasteiger partial charge in [-0.05, 0) is 48.0 Å². The lowest BCUT2D eigenvalue weighted by molar-refractivity contribution is -0.137. The summed E-state index contributed by atoms with van der Waals surface area (Å²) in [5.74, 6) is -0.0400. The van der Waals surface area contributed by atoms with Crippen molar-refractivity contribution in [3.05, 3.63) is 83.9 Å². The third-order valence-electron chi connectivity index (χ3n) is 5.27. The molecule has 1 amide bonds. The molecule has 3 rings (SSSR count). The summed E-state index contributed by atoms with van der Waals surface area (Å²) < 4.78 is 85.8. The van der Waals surface area contributed by atoms with Gasteiger partial charge in [-0.3, -0.25) is 4.79 Å². The van der Waals surface area contributed by atoms with Gasteiger partial charge in [-0.2, -0.15) is 21.6 Å². The second-order valence-corrected chi connectivity index (χ2v) is 9.50. The molecule has 0 atom stereocenters. The minimum atomic E-state index is -4.73. The van der Waals surface area contributed by atoms with Gasteiger partial charge in [0.05, 0.1) is 19.3 Å². The topological polar surface area (TPSA) is 91.4 Å². The molecule has 12 heteroatoms. The van der Waals surface area contributed by atoms with Gasteiger partial charge in [-0.1, -0.05) is 30.3 Å². The van der Waals surface area contributed by atoms with Gasteiger partial charge in [0.15, 0.2) is 18.1 Å². The highest BCUT2D eigenvalue weighted by Gasteiger charge is 2.32. The van der Waals surface area contributed by atoms with Crippen LogP contribution >= 0.6 is 0 Å². The fourth-order valence-electron chi connectivity index (χ4n) is 3.35. The number of benzene rings is 3. The molecule has 0 heterocycles.